The van der Waals surface area contributed by atoms with Gasteiger partial charge >= 0.3 is 0 Å². The summed E-state index contributed by atoms with van der Waals surface area (Å²) >= 11 is 0. The predicted octanol–water partition coefficient (Wildman–Crippen LogP) is 0.931. The summed E-state index contributed by atoms with van der Waals surface area (Å²) in [6.07, 6.45) is 7.29. The van der Waals surface area contributed by atoms with Crippen molar-refractivity contribution in [1.29, 1.82) is 0 Å². The third-order valence-corrected chi connectivity index (χ3v) is 6.15. The lowest BCUT2D eigenvalue weighted by Crippen LogP contribution is -2.76. The van der Waals surface area contributed by atoms with Crippen LogP contribution in [0.4, 0.5) is 0 Å². The highest BCUT2D eigenvalue weighted by molar-refractivity contribution is 6.00. The molecule has 1 aliphatic carbocycles. The van der Waals surface area contributed by atoms with Crippen LogP contribution in [0.1, 0.15) is 64.7 Å². The molecule has 1 atom stereocenters. The summed E-state index contributed by atoms with van der Waals surface area (Å²) in [6, 6.07) is -0.775. The summed E-state index contributed by atoms with van der Waals surface area (Å²) < 4.78 is 0. The lowest BCUT2D eigenvalue weighted by Gasteiger charge is -2.53. The van der Waals surface area contributed by atoms with Crippen LogP contribution < -0.4 is 10.6 Å². The summed E-state index contributed by atoms with van der Waals surface area (Å²) in [6.45, 7) is 4.20. The fraction of sp³-hybridized carbons (Fsp3) is 0.889. The molecule has 3 fully saturated rings. The molecule has 136 valence electrons. The largest absolute Gasteiger partial charge is 0.387 e. The molecule has 0 bridgehead atoms. The number of hydrogen-bond acceptors (Lipinski definition) is 4. The van der Waals surface area contributed by atoms with E-state index in [-0.39, 0.29) is 11.8 Å². The van der Waals surface area contributed by atoms with Gasteiger partial charge in [-0.1, -0.05) is 32.6 Å². The van der Waals surface area contributed by atoms with Gasteiger partial charge in [-0.05, 0) is 45.2 Å². The van der Waals surface area contributed by atoms with Crippen molar-refractivity contribution in [2.75, 3.05) is 19.6 Å². The van der Waals surface area contributed by atoms with Crippen LogP contribution >= 0.6 is 0 Å². The van der Waals surface area contributed by atoms with Crippen molar-refractivity contribution in [3.8, 4) is 0 Å². The zero-order valence-electron chi connectivity index (χ0n) is 14.8. The molecule has 2 aliphatic heterocycles. The number of nitrogens with zero attached hydrogens (tertiary/aromatic N) is 1. The molecule has 0 radical (unpaired) electrons. The average Bonchev–Trinajstić information content (AvgIpc) is 2.60. The number of piperidine rings is 1. The first kappa shape index (κ1) is 17.7. The molecule has 0 unspecified atom stereocenters. The predicted molar refractivity (Wildman–Crippen MR) is 91.4 cm³/mol. The van der Waals surface area contributed by atoms with Gasteiger partial charge in [0.1, 0.15) is 11.6 Å². The van der Waals surface area contributed by atoms with Crippen LogP contribution in [0.2, 0.25) is 0 Å². The number of piperazine rings is 1. The Morgan fingerprint density at radius 3 is 2.42 bits per heavy atom. The molecule has 0 aromatic heterocycles. The Balaban J connectivity index is 1.88. The number of carbonyl (C=O) groups is 2. The van der Waals surface area contributed by atoms with E-state index in [1.807, 2.05) is 4.90 Å². The van der Waals surface area contributed by atoms with E-state index in [0.29, 0.717) is 32.2 Å². The van der Waals surface area contributed by atoms with Crippen molar-refractivity contribution in [1.82, 2.24) is 15.5 Å². The molecule has 3 rings (SSSR count). The molecule has 0 aromatic rings. The first-order valence-electron chi connectivity index (χ1n) is 9.59. The Hall–Kier alpha value is -1.14. The number of aliphatic hydroxyl groups is 1. The van der Waals surface area contributed by atoms with Crippen LogP contribution in [0, 0.1) is 0 Å². The molecule has 1 spiro atoms. The van der Waals surface area contributed by atoms with E-state index in [1.165, 1.54) is 0 Å². The second-order valence-corrected chi connectivity index (χ2v) is 7.70. The highest BCUT2D eigenvalue weighted by Gasteiger charge is 2.57. The van der Waals surface area contributed by atoms with Crippen LogP contribution in [0.5, 0.6) is 0 Å². The maximum absolute atomic E-state index is 13.3. The lowest BCUT2D eigenvalue weighted by atomic mass is 9.75. The number of hydrogen-bond donors (Lipinski definition) is 3. The SMILES string of the molecule is CCCCN1C(=O)[C@H](C2(O)CCCCC2)NC(=O)C12CCNCC2. The summed E-state index contributed by atoms with van der Waals surface area (Å²) in [4.78, 5) is 28.1. The number of carbonyl (C=O) groups excluding carboxylic acids is 2. The minimum atomic E-state index is -1.08. The van der Waals surface area contributed by atoms with Gasteiger partial charge in [-0.15, -0.1) is 0 Å². The summed E-state index contributed by atoms with van der Waals surface area (Å²) in [5.74, 6) is -0.141. The third-order valence-electron chi connectivity index (χ3n) is 6.15. The van der Waals surface area contributed by atoms with Gasteiger partial charge in [0.25, 0.3) is 0 Å². The van der Waals surface area contributed by atoms with Crippen molar-refractivity contribution in [2.45, 2.75) is 81.9 Å². The fourth-order valence-corrected chi connectivity index (χ4v) is 4.61. The van der Waals surface area contributed by atoms with Gasteiger partial charge in [0.05, 0.1) is 5.60 Å². The first-order chi connectivity index (χ1) is 11.5. The minimum Gasteiger partial charge on any atom is -0.387 e. The Bertz CT molecular complexity index is 482. The maximum Gasteiger partial charge on any atom is 0.249 e. The first-order valence-corrected chi connectivity index (χ1v) is 9.59. The second kappa shape index (κ2) is 7.00. The number of nitrogens with one attached hydrogen (secondary N) is 2. The Labute approximate surface area is 144 Å². The van der Waals surface area contributed by atoms with E-state index in [0.717, 1.165) is 45.2 Å². The van der Waals surface area contributed by atoms with Crippen LogP contribution in [-0.4, -0.2) is 58.6 Å². The summed E-state index contributed by atoms with van der Waals surface area (Å²) in [5.41, 5.74) is -1.80. The van der Waals surface area contributed by atoms with Gasteiger partial charge in [0.2, 0.25) is 11.8 Å². The van der Waals surface area contributed by atoms with Crippen molar-refractivity contribution >= 4 is 11.8 Å². The standard InChI is InChI=1S/C18H31N3O3/c1-2-3-13-21-15(22)14(18(24)7-5-4-6-8-18)20-16(23)17(21)9-11-19-12-10-17/h14,19,24H,2-13H2,1H3,(H,20,23)/t14-/m1/s1. The zero-order valence-corrected chi connectivity index (χ0v) is 14.8. The van der Waals surface area contributed by atoms with Crippen molar-refractivity contribution in [3.05, 3.63) is 0 Å². The Kier molecular flexibility index (Phi) is 5.16. The van der Waals surface area contributed by atoms with Crippen LogP contribution in [0.25, 0.3) is 0 Å². The molecule has 2 heterocycles. The fourth-order valence-electron chi connectivity index (χ4n) is 4.61. The van der Waals surface area contributed by atoms with E-state index in [9.17, 15) is 14.7 Å². The minimum absolute atomic E-state index is 0.0660. The zero-order chi connectivity index (χ0) is 17.2. The van der Waals surface area contributed by atoms with E-state index >= 15 is 0 Å². The van der Waals surface area contributed by atoms with Crippen molar-refractivity contribution in [3.63, 3.8) is 0 Å². The molecular weight excluding hydrogens is 306 g/mol. The number of unbranched alkanes of at least 4 members (excludes halogenated alkanes) is 1. The van der Waals surface area contributed by atoms with Crippen LogP contribution in [-0.2, 0) is 9.59 Å². The molecule has 24 heavy (non-hydrogen) atoms. The van der Waals surface area contributed by atoms with E-state index in [4.69, 9.17) is 0 Å². The highest BCUT2D eigenvalue weighted by Crippen LogP contribution is 2.37. The summed E-state index contributed by atoms with van der Waals surface area (Å²) in [7, 11) is 0. The van der Waals surface area contributed by atoms with Gasteiger partial charge in [-0.25, -0.2) is 0 Å². The number of rotatable bonds is 4. The van der Waals surface area contributed by atoms with Crippen LogP contribution in [0.3, 0.4) is 0 Å². The van der Waals surface area contributed by atoms with E-state index in [1.54, 1.807) is 0 Å². The Morgan fingerprint density at radius 2 is 1.79 bits per heavy atom. The smallest absolute Gasteiger partial charge is 0.249 e. The van der Waals surface area contributed by atoms with Crippen molar-refractivity contribution in [2.24, 2.45) is 0 Å². The number of amides is 2. The second-order valence-electron chi connectivity index (χ2n) is 7.70. The lowest BCUT2D eigenvalue weighted by molar-refractivity contribution is -0.169. The van der Waals surface area contributed by atoms with Crippen LogP contribution in [0.15, 0.2) is 0 Å². The normalized spacial score (nSPS) is 29.6. The molecule has 2 saturated heterocycles. The topological polar surface area (TPSA) is 81.7 Å². The van der Waals surface area contributed by atoms with E-state index < -0.39 is 17.2 Å². The van der Waals surface area contributed by atoms with Gasteiger partial charge in [0, 0.05) is 6.54 Å². The molecular formula is C18H31N3O3. The van der Waals surface area contributed by atoms with Gasteiger partial charge < -0.3 is 20.6 Å². The van der Waals surface area contributed by atoms with E-state index in [2.05, 4.69) is 17.6 Å². The molecule has 1 saturated carbocycles. The molecule has 3 N–H and O–H groups in total. The molecule has 2 amide bonds. The van der Waals surface area contributed by atoms with Gasteiger partial charge in [-0.2, -0.15) is 0 Å². The average molecular weight is 337 g/mol. The molecule has 0 aromatic carbocycles. The van der Waals surface area contributed by atoms with Gasteiger partial charge in [0.15, 0.2) is 0 Å². The highest BCUT2D eigenvalue weighted by atomic mass is 16.3. The van der Waals surface area contributed by atoms with Crippen molar-refractivity contribution < 1.29 is 14.7 Å². The summed E-state index contributed by atoms with van der Waals surface area (Å²) in [5, 5.41) is 17.3. The molecule has 6 nitrogen and oxygen atoms in total. The molecule has 3 aliphatic rings. The third kappa shape index (κ3) is 2.94. The quantitative estimate of drug-likeness (QED) is 0.713. The molecule has 6 heteroatoms. The Morgan fingerprint density at radius 1 is 1.12 bits per heavy atom. The monoisotopic (exact) mass is 337 g/mol. The maximum atomic E-state index is 13.3. The van der Waals surface area contributed by atoms with Gasteiger partial charge in [-0.3, -0.25) is 9.59 Å².